The molecular formula is C27H33FN6O. The highest BCUT2D eigenvalue weighted by Gasteiger charge is 2.21. The maximum Gasteiger partial charge on any atom is 0.261 e. The molecule has 1 saturated heterocycles. The molecule has 0 bridgehead atoms. The number of pyridine rings is 1. The molecule has 4 aromatic rings. The van der Waals surface area contributed by atoms with E-state index in [1.54, 1.807) is 12.1 Å². The summed E-state index contributed by atoms with van der Waals surface area (Å²) in [5, 5.41) is 0.202. The van der Waals surface area contributed by atoms with E-state index in [2.05, 4.69) is 50.9 Å². The Balaban J connectivity index is 1.31. The zero-order valence-corrected chi connectivity index (χ0v) is 20.4. The van der Waals surface area contributed by atoms with Crippen molar-refractivity contribution >= 4 is 27.6 Å². The third-order valence-electron chi connectivity index (χ3n) is 7.42. The first kappa shape index (κ1) is 23.5. The van der Waals surface area contributed by atoms with Crippen LogP contribution in [0.15, 0.2) is 41.2 Å². The van der Waals surface area contributed by atoms with E-state index in [-0.39, 0.29) is 16.6 Å². The number of piperidine rings is 1. The number of nitrogens with two attached hydrogens (primary N) is 1. The largest absolute Gasteiger partial charge is 0.397 e. The molecule has 5 rings (SSSR count). The van der Waals surface area contributed by atoms with E-state index in [4.69, 9.17) is 5.73 Å². The molecule has 0 saturated carbocycles. The standard InChI is InChI=1S/C27H33FN6O/c1-3-34-14-11-18(12-15-34)33(2)13-5-6-17-9-10-20-22(16-17)31-26(30-20)24-25(29)23-19(28)7-4-8-21(23)32-27(24)35/h4,7-10,16,18H,3,5-6,11-15H2,1-2H3,(H,30,31)(H3,29,32,35). The summed E-state index contributed by atoms with van der Waals surface area (Å²) in [7, 11) is 2.24. The van der Waals surface area contributed by atoms with Gasteiger partial charge in [0.15, 0.2) is 0 Å². The van der Waals surface area contributed by atoms with E-state index >= 15 is 0 Å². The summed E-state index contributed by atoms with van der Waals surface area (Å²) in [5.74, 6) is -0.129. The van der Waals surface area contributed by atoms with Crippen LogP contribution in [0, 0.1) is 5.82 Å². The van der Waals surface area contributed by atoms with Gasteiger partial charge >= 0.3 is 0 Å². The number of fused-ring (bicyclic) bond motifs is 2. The van der Waals surface area contributed by atoms with Crippen LogP contribution in [0.25, 0.3) is 33.3 Å². The quantitative estimate of drug-likeness (QED) is 0.373. The van der Waals surface area contributed by atoms with Gasteiger partial charge in [-0.2, -0.15) is 0 Å². The predicted octanol–water partition coefficient (Wildman–Crippen LogP) is 4.14. The molecule has 0 spiro atoms. The van der Waals surface area contributed by atoms with E-state index in [0.29, 0.717) is 17.4 Å². The van der Waals surface area contributed by atoms with Crippen LogP contribution in [0.1, 0.15) is 31.7 Å². The van der Waals surface area contributed by atoms with Gasteiger partial charge in [0.25, 0.3) is 5.56 Å². The van der Waals surface area contributed by atoms with Crippen molar-refractivity contribution in [1.82, 2.24) is 24.8 Å². The van der Waals surface area contributed by atoms with Gasteiger partial charge in [-0.1, -0.05) is 19.1 Å². The summed E-state index contributed by atoms with van der Waals surface area (Å²) in [6.07, 6.45) is 4.52. The number of aromatic nitrogens is 3. The van der Waals surface area contributed by atoms with Crippen LogP contribution in [0.3, 0.4) is 0 Å². The minimum atomic E-state index is -0.475. The van der Waals surface area contributed by atoms with E-state index in [1.807, 2.05) is 6.07 Å². The Morgan fingerprint density at radius 2 is 1.97 bits per heavy atom. The number of nitrogens with one attached hydrogen (secondary N) is 2. The maximum absolute atomic E-state index is 14.4. The number of H-pyrrole nitrogens is 2. The Kier molecular flexibility index (Phi) is 6.58. The average molecular weight is 477 g/mol. The molecule has 1 aliphatic rings. The number of halogens is 1. The van der Waals surface area contributed by atoms with Gasteiger partial charge in [0, 0.05) is 6.04 Å². The summed E-state index contributed by atoms with van der Waals surface area (Å²) in [6.45, 7) is 6.83. The number of nitrogens with zero attached hydrogens (tertiary/aromatic N) is 3. The maximum atomic E-state index is 14.4. The average Bonchev–Trinajstić information content (AvgIpc) is 3.26. The molecule has 4 N–H and O–H groups in total. The van der Waals surface area contributed by atoms with Crippen LogP contribution in [0.2, 0.25) is 0 Å². The molecule has 0 amide bonds. The van der Waals surface area contributed by atoms with Gasteiger partial charge in [0.2, 0.25) is 0 Å². The van der Waals surface area contributed by atoms with Crippen molar-refractivity contribution < 1.29 is 4.39 Å². The number of aryl methyl sites for hydroxylation is 1. The van der Waals surface area contributed by atoms with Crippen molar-refractivity contribution in [1.29, 1.82) is 0 Å². The Hall–Kier alpha value is -3.23. The molecule has 7 nitrogen and oxygen atoms in total. The molecular weight excluding hydrogens is 443 g/mol. The molecule has 0 atom stereocenters. The van der Waals surface area contributed by atoms with Gasteiger partial charge in [-0.05, 0) is 88.7 Å². The molecule has 0 radical (unpaired) electrons. The topological polar surface area (TPSA) is 94.0 Å². The number of nitrogen functional groups attached to an aromatic ring is 1. The number of benzene rings is 2. The SMILES string of the molecule is CCN1CCC(N(C)CCCc2ccc3[nH]c(-c4c(N)c5c(F)cccc5[nH]c4=O)nc3c2)CC1. The van der Waals surface area contributed by atoms with Crippen LogP contribution in [0.5, 0.6) is 0 Å². The number of rotatable bonds is 7. The molecule has 35 heavy (non-hydrogen) atoms. The van der Waals surface area contributed by atoms with Gasteiger partial charge in [0.05, 0.1) is 27.6 Å². The predicted molar refractivity (Wildman–Crippen MR) is 140 cm³/mol. The molecule has 2 aromatic heterocycles. The highest BCUT2D eigenvalue weighted by Crippen LogP contribution is 2.30. The zero-order valence-electron chi connectivity index (χ0n) is 20.4. The molecule has 8 heteroatoms. The first-order valence-electron chi connectivity index (χ1n) is 12.5. The van der Waals surface area contributed by atoms with Crippen molar-refractivity contribution in [2.75, 3.05) is 39.0 Å². The third-order valence-corrected chi connectivity index (χ3v) is 7.42. The lowest BCUT2D eigenvalue weighted by Gasteiger charge is -2.36. The van der Waals surface area contributed by atoms with Gasteiger partial charge in [0.1, 0.15) is 17.2 Å². The van der Waals surface area contributed by atoms with Gasteiger partial charge in [-0.3, -0.25) is 4.79 Å². The number of hydrogen-bond donors (Lipinski definition) is 3. The zero-order chi connectivity index (χ0) is 24.5. The molecule has 2 aromatic carbocycles. The number of imidazole rings is 1. The number of anilines is 1. The second-order valence-electron chi connectivity index (χ2n) is 9.59. The Bertz CT molecular complexity index is 1400. The van der Waals surface area contributed by atoms with Crippen molar-refractivity contribution in [2.45, 2.75) is 38.6 Å². The van der Waals surface area contributed by atoms with Crippen molar-refractivity contribution in [3.63, 3.8) is 0 Å². The third kappa shape index (κ3) is 4.68. The van der Waals surface area contributed by atoms with Gasteiger partial charge in [-0.25, -0.2) is 9.37 Å². The summed E-state index contributed by atoms with van der Waals surface area (Å²) in [5.41, 5.74) is 9.27. The molecule has 184 valence electrons. The van der Waals surface area contributed by atoms with Crippen molar-refractivity contribution in [3.8, 4) is 11.4 Å². The fourth-order valence-corrected chi connectivity index (χ4v) is 5.29. The molecule has 1 aliphatic heterocycles. The number of likely N-dealkylation sites (tertiary alicyclic amines) is 1. The lowest BCUT2D eigenvalue weighted by Crippen LogP contribution is -2.43. The van der Waals surface area contributed by atoms with Gasteiger partial charge < -0.3 is 25.5 Å². The van der Waals surface area contributed by atoms with E-state index in [1.165, 1.54) is 37.6 Å². The lowest BCUT2D eigenvalue weighted by atomic mass is 10.0. The van der Waals surface area contributed by atoms with Crippen LogP contribution in [0.4, 0.5) is 10.1 Å². The minimum absolute atomic E-state index is 0.0916. The first-order valence-corrected chi connectivity index (χ1v) is 12.5. The fourth-order valence-electron chi connectivity index (χ4n) is 5.29. The monoisotopic (exact) mass is 476 g/mol. The lowest BCUT2D eigenvalue weighted by molar-refractivity contribution is 0.131. The fraction of sp³-hybridized carbons (Fsp3) is 0.407. The number of hydrogen-bond acceptors (Lipinski definition) is 5. The van der Waals surface area contributed by atoms with E-state index in [0.717, 1.165) is 37.0 Å². The normalized spacial score (nSPS) is 15.5. The minimum Gasteiger partial charge on any atom is -0.397 e. The van der Waals surface area contributed by atoms with E-state index < -0.39 is 11.4 Å². The first-order chi connectivity index (χ1) is 16.9. The van der Waals surface area contributed by atoms with Gasteiger partial charge in [-0.15, -0.1) is 0 Å². The number of aromatic amines is 2. The molecule has 3 heterocycles. The van der Waals surface area contributed by atoms with Crippen LogP contribution < -0.4 is 11.3 Å². The van der Waals surface area contributed by atoms with Crippen molar-refractivity contribution in [2.24, 2.45) is 0 Å². The van der Waals surface area contributed by atoms with E-state index in [9.17, 15) is 9.18 Å². The highest BCUT2D eigenvalue weighted by atomic mass is 19.1. The van der Waals surface area contributed by atoms with Crippen LogP contribution >= 0.6 is 0 Å². The summed E-state index contributed by atoms with van der Waals surface area (Å²) >= 11 is 0. The summed E-state index contributed by atoms with van der Waals surface area (Å²) in [4.78, 5) is 28.3. The second-order valence-corrected chi connectivity index (χ2v) is 9.59. The van der Waals surface area contributed by atoms with Crippen LogP contribution in [-0.4, -0.2) is 64.0 Å². The Labute approximate surface area is 204 Å². The molecule has 0 aliphatic carbocycles. The Morgan fingerprint density at radius 1 is 1.17 bits per heavy atom. The second kappa shape index (κ2) is 9.79. The summed E-state index contributed by atoms with van der Waals surface area (Å²) in [6, 6.07) is 11.3. The smallest absolute Gasteiger partial charge is 0.261 e. The summed E-state index contributed by atoms with van der Waals surface area (Å²) < 4.78 is 14.4. The van der Waals surface area contributed by atoms with Crippen molar-refractivity contribution in [3.05, 3.63) is 58.1 Å². The molecule has 1 fully saturated rings. The van der Waals surface area contributed by atoms with Crippen LogP contribution in [-0.2, 0) is 6.42 Å². The highest BCUT2D eigenvalue weighted by molar-refractivity contribution is 5.98. The molecule has 0 unspecified atom stereocenters. The Morgan fingerprint density at radius 3 is 2.74 bits per heavy atom.